The maximum atomic E-state index is 12.3. The summed E-state index contributed by atoms with van der Waals surface area (Å²) in [4.78, 5) is 53.7. The van der Waals surface area contributed by atoms with E-state index in [1.165, 1.54) is 0 Å². The van der Waals surface area contributed by atoms with Gasteiger partial charge in [-0.1, -0.05) is 6.92 Å². The van der Waals surface area contributed by atoms with Gasteiger partial charge in [0.2, 0.25) is 0 Å². The highest BCUT2D eigenvalue weighted by Gasteiger charge is 2.47. The van der Waals surface area contributed by atoms with Gasteiger partial charge in [0.15, 0.2) is 6.61 Å². The SMILES string of the molecule is CCC1(C)NC(=O)N(NC(=O)COC(=O)c2ccc(SCc3csc(C)n3)cc2)C1=O. The summed E-state index contributed by atoms with van der Waals surface area (Å²) in [5, 5.41) is 6.15. The number of imide groups is 1. The van der Waals surface area contributed by atoms with E-state index in [-0.39, 0.29) is 5.56 Å². The topological polar surface area (TPSA) is 118 Å². The number of hydrogen-bond donors (Lipinski definition) is 2. The van der Waals surface area contributed by atoms with Crippen molar-refractivity contribution in [1.29, 1.82) is 0 Å². The Bertz CT molecular complexity index is 1010. The number of thioether (sulfide) groups is 1. The molecule has 0 bridgehead atoms. The minimum Gasteiger partial charge on any atom is -0.452 e. The van der Waals surface area contributed by atoms with Crippen molar-refractivity contribution in [2.45, 2.75) is 43.4 Å². The Morgan fingerprint density at radius 3 is 2.58 bits per heavy atom. The third-order valence-electron chi connectivity index (χ3n) is 4.68. The van der Waals surface area contributed by atoms with Crippen LogP contribution in [0.4, 0.5) is 4.79 Å². The molecule has 2 aromatic rings. The second-order valence-corrected chi connectivity index (χ2v) is 9.15. The minimum atomic E-state index is -1.07. The highest BCUT2D eigenvalue weighted by molar-refractivity contribution is 7.98. The molecule has 2 N–H and O–H groups in total. The highest BCUT2D eigenvalue weighted by Crippen LogP contribution is 2.24. The highest BCUT2D eigenvalue weighted by atomic mass is 32.2. The van der Waals surface area contributed by atoms with Crippen LogP contribution in [-0.4, -0.2) is 46.0 Å². The smallest absolute Gasteiger partial charge is 0.344 e. The Morgan fingerprint density at radius 2 is 2.00 bits per heavy atom. The number of hydrazine groups is 1. The van der Waals surface area contributed by atoms with E-state index < -0.39 is 36.0 Å². The molecule has 0 aliphatic carbocycles. The number of ether oxygens (including phenoxy) is 1. The molecule has 9 nitrogen and oxygen atoms in total. The Balaban J connectivity index is 1.47. The van der Waals surface area contributed by atoms with Gasteiger partial charge in [-0.3, -0.25) is 15.0 Å². The second kappa shape index (κ2) is 9.48. The molecule has 164 valence electrons. The second-order valence-electron chi connectivity index (χ2n) is 7.04. The van der Waals surface area contributed by atoms with Crippen molar-refractivity contribution in [2.24, 2.45) is 0 Å². The van der Waals surface area contributed by atoms with E-state index in [1.807, 2.05) is 12.3 Å². The summed E-state index contributed by atoms with van der Waals surface area (Å²) in [6, 6.07) is 6.08. The van der Waals surface area contributed by atoms with Crippen LogP contribution < -0.4 is 10.7 Å². The quantitative estimate of drug-likeness (QED) is 0.352. The molecule has 1 aromatic carbocycles. The number of nitrogens with one attached hydrogen (secondary N) is 2. The van der Waals surface area contributed by atoms with Gasteiger partial charge in [-0.2, -0.15) is 5.01 Å². The molecule has 1 aliphatic rings. The predicted molar refractivity (Wildman–Crippen MR) is 115 cm³/mol. The van der Waals surface area contributed by atoms with E-state index in [1.54, 1.807) is 61.2 Å². The van der Waals surface area contributed by atoms with Gasteiger partial charge in [-0.25, -0.2) is 14.6 Å². The van der Waals surface area contributed by atoms with Gasteiger partial charge < -0.3 is 10.1 Å². The van der Waals surface area contributed by atoms with E-state index in [2.05, 4.69) is 15.7 Å². The number of esters is 1. The van der Waals surface area contributed by atoms with Gasteiger partial charge >= 0.3 is 12.0 Å². The first-order chi connectivity index (χ1) is 14.7. The molecule has 1 fully saturated rings. The summed E-state index contributed by atoms with van der Waals surface area (Å²) in [6.07, 6.45) is 0.372. The van der Waals surface area contributed by atoms with Gasteiger partial charge in [0, 0.05) is 16.0 Å². The van der Waals surface area contributed by atoms with E-state index in [4.69, 9.17) is 4.74 Å². The summed E-state index contributed by atoms with van der Waals surface area (Å²) >= 11 is 3.20. The number of urea groups is 1. The van der Waals surface area contributed by atoms with Crippen LogP contribution in [0.3, 0.4) is 0 Å². The van der Waals surface area contributed by atoms with Crippen LogP contribution >= 0.6 is 23.1 Å². The first-order valence-electron chi connectivity index (χ1n) is 9.49. The average Bonchev–Trinajstić information content (AvgIpc) is 3.27. The van der Waals surface area contributed by atoms with Gasteiger partial charge in [-0.15, -0.1) is 23.1 Å². The molecule has 1 aliphatic heterocycles. The first-order valence-corrected chi connectivity index (χ1v) is 11.4. The molecule has 0 spiro atoms. The Morgan fingerprint density at radius 1 is 1.29 bits per heavy atom. The van der Waals surface area contributed by atoms with Crippen LogP contribution in [0.25, 0.3) is 0 Å². The molecular formula is C20H22N4O5S2. The van der Waals surface area contributed by atoms with Crippen molar-refractivity contribution < 1.29 is 23.9 Å². The standard InChI is InChI=1S/C20H22N4O5S2/c1-4-20(3)18(27)24(19(28)22-20)23-16(25)9-29-17(26)13-5-7-15(8-6-13)31-11-14-10-30-12(2)21-14/h5-8,10H,4,9,11H2,1-3H3,(H,22,28)(H,23,25). The zero-order valence-corrected chi connectivity index (χ0v) is 18.9. The van der Waals surface area contributed by atoms with E-state index in [0.717, 1.165) is 21.3 Å². The molecular weight excluding hydrogens is 440 g/mol. The van der Waals surface area contributed by atoms with Gasteiger partial charge in [0.1, 0.15) is 5.54 Å². The minimum absolute atomic E-state index is 0.287. The lowest BCUT2D eigenvalue weighted by Gasteiger charge is -2.19. The van der Waals surface area contributed by atoms with Crippen molar-refractivity contribution in [1.82, 2.24) is 20.7 Å². The van der Waals surface area contributed by atoms with Crippen LogP contribution in [0, 0.1) is 6.92 Å². The number of benzene rings is 1. The number of rotatable bonds is 8. The van der Waals surface area contributed by atoms with Crippen LogP contribution in [0.1, 0.15) is 41.3 Å². The molecule has 4 amide bonds. The summed E-state index contributed by atoms with van der Waals surface area (Å²) < 4.78 is 4.98. The molecule has 2 heterocycles. The third-order valence-corrected chi connectivity index (χ3v) is 6.55. The number of hydrogen-bond acceptors (Lipinski definition) is 8. The monoisotopic (exact) mass is 462 g/mol. The summed E-state index contributed by atoms with van der Waals surface area (Å²) in [5.74, 6) is -1.31. The Hall–Kier alpha value is -2.92. The number of thiazole rings is 1. The maximum absolute atomic E-state index is 12.3. The van der Waals surface area contributed by atoms with E-state index in [9.17, 15) is 19.2 Å². The lowest BCUT2D eigenvalue weighted by molar-refractivity contribution is -0.139. The molecule has 1 atom stereocenters. The fourth-order valence-corrected chi connectivity index (χ4v) is 4.23. The summed E-state index contributed by atoms with van der Waals surface area (Å²) in [7, 11) is 0. The maximum Gasteiger partial charge on any atom is 0.344 e. The van der Waals surface area contributed by atoms with E-state index >= 15 is 0 Å². The number of carbonyl (C=O) groups is 4. The summed E-state index contributed by atoms with van der Waals surface area (Å²) in [6.45, 7) is 4.64. The number of aromatic nitrogens is 1. The fraction of sp³-hybridized carbons (Fsp3) is 0.350. The van der Waals surface area contributed by atoms with Gasteiger partial charge in [-0.05, 0) is 44.5 Å². The van der Waals surface area contributed by atoms with Crippen LogP contribution in [0.2, 0.25) is 0 Å². The lowest BCUT2D eigenvalue weighted by Crippen LogP contribution is -2.49. The number of carbonyl (C=O) groups excluding carboxylic acids is 4. The lowest BCUT2D eigenvalue weighted by atomic mass is 10.00. The van der Waals surface area contributed by atoms with Crippen molar-refractivity contribution in [3.05, 3.63) is 45.9 Å². The molecule has 1 unspecified atom stereocenters. The number of aryl methyl sites for hydroxylation is 1. The molecule has 11 heteroatoms. The first kappa shape index (κ1) is 22.8. The van der Waals surface area contributed by atoms with Crippen LogP contribution in [0.15, 0.2) is 34.5 Å². The summed E-state index contributed by atoms with van der Waals surface area (Å²) in [5.41, 5.74) is 2.39. The molecule has 0 radical (unpaired) electrons. The van der Waals surface area contributed by atoms with Crippen LogP contribution in [0.5, 0.6) is 0 Å². The largest absolute Gasteiger partial charge is 0.452 e. The molecule has 31 heavy (non-hydrogen) atoms. The fourth-order valence-electron chi connectivity index (χ4n) is 2.72. The third kappa shape index (κ3) is 5.42. The molecule has 1 saturated heterocycles. The van der Waals surface area contributed by atoms with Crippen molar-refractivity contribution in [3.63, 3.8) is 0 Å². The molecule has 1 aromatic heterocycles. The predicted octanol–water partition coefficient (Wildman–Crippen LogP) is 2.65. The van der Waals surface area contributed by atoms with Crippen molar-refractivity contribution in [2.75, 3.05) is 6.61 Å². The number of amides is 4. The zero-order chi connectivity index (χ0) is 22.6. The zero-order valence-electron chi connectivity index (χ0n) is 17.3. The average molecular weight is 463 g/mol. The number of nitrogens with zero attached hydrogens (tertiary/aromatic N) is 2. The van der Waals surface area contributed by atoms with E-state index in [0.29, 0.717) is 11.4 Å². The van der Waals surface area contributed by atoms with Gasteiger partial charge in [0.25, 0.3) is 11.8 Å². The Kier molecular flexibility index (Phi) is 6.96. The van der Waals surface area contributed by atoms with Crippen molar-refractivity contribution in [3.8, 4) is 0 Å². The molecule has 3 rings (SSSR count). The van der Waals surface area contributed by atoms with Crippen molar-refractivity contribution >= 4 is 46.9 Å². The van der Waals surface area contributed by atoms with Gasteiger partial charge in [0.05, 0.1) is 16.3 Å². The molecule has 0 saturated carbocycles. The Labute approximate surface area is 187 Å². The normalized spacial score (nSPS) is 18.1. The van der Waals surface area contributed by atoms with Crippen LogP contribution in [-0.2, 0) is 20.1 Å².